The molecule has 0 aromatic heterocycles. The first kappa shape index (κ1) is 29.4. The van der Waals surface area contributed by atoms with Gasteiger partial charge in [-0.15, -0.1) is 0 Å². The third kappa shape index (κ3) is 4.48. The molecule has 3 fully saturated rings. The number of carbonyl (C=O) groups excluding carboxylic acids is 1. The molecule has 40 heavy (non-hydrogen) atoms. The van der Waals surface area contributed by atoms with Gasteiger partial charge < -0.3 is 4.74 Å². The third-order valence-corrected chi connectivity index (χ3v) is 12.9. The highest BCUT2D eigenvalue weighted by Crippen LogP contribution is 2.73. The largest absolute Gasteiger partial charge is 0.458 e. The van der Waals surface area contributed by atoms with Crippen LogP contribution in [-0.4, -0.2) is 12.1 Å². The molecule has 0 radical (unpaired) electrons. The first-order valence-electron chi connectivity index (χ1n) is 16.3. The average molecular weight is 544 g/mol. The fourth-order valence-corrected chi connectivity index (χ4v) is 10.6. The Balaban J connectivity index is 1.39. The highest BCUT2D eigenvalue weighted by atomic mass is 16.5. The molecule has 1 aromatic carbocycles. The van der Waals surface area contributed by atoms with E-state index in [1.807, 2.05) is 30.3 Å². The van der Waals surface area contributed by atoms with Crippen LogP contribution < -0.4 is 0 Å². The van der Waals surface area contributed by atoms with E-state index in [9.17, 15) is 10.1 Å². The molecule has 0 spiro atoms. The van der Waals surface area contributed by atoms with Crippen LogP contribution in [0.3, 0.4) is 0 Å². The third-order valence-electron chi connectivity index (χ3n) is 12.9. The number of nitriles is 1. The minimum Gasteiger partial charge on any atom is -0.458 e. The maximum Gasteiger partial charge on any atom is 0.338 e. The smallest absolute Gasteiger partial charge is 0.338 e. The Hall–Kier alpha value is -2.08. The van der Waals surface area contributed by atoms with Gasteiger partial charge in [0.1, 0.15) is 6.10 Å². The number of benzene rings is 1. The second kappa shape index (κ2) is 10.6. The molecule has 8 atom stereocenters. The minimum absolute atomic E-state index is 0.0719. The summed E-state index contributed by atoms with van der Waals surface area (Å²) in [5, 5.41) is 11.0. The summed E-state index contributed by atoms with van der Waals surface area (Å²) in [6.45, 7) is 16.8. The number of allylic oxidation sites excluding steroid dienone is 2. The highest BCUT2D eigenvalue weighted by molar-refractivity contribution is 5.89. The van der Waals surface area contributed by atoms with E-state index in [1.165, 1.54) is 37.7 Å². The normalized spacial score (nSPS) is 38.8. The molecular weight excluding hydrogens is 490 g/mol. The van der Waals surface area contributed by atoms with E-state index in [0.717, 1.165) is 38.0 Å². The predicted octanol–water partition coefficient (Wildman–Crippen LogP) is 9.78. The molecule has 3 nitrogen and oxygen atoms in total. The summed E-state index contributed by atoms with van der Waals surface area (Å²) in [7, 11) is 0. The van der Waals surface area contributed by atoms with E-state index in [4.69, 9.17) is 4.74 Å². The number of carbonyl (C=O) groups is 1. The van der Waals surface area contributed by atoms with Crippen LogP contribution in [0.25, 0.3) is 0 Å². The fraction of sp³-hybridized carbons (Fsp3) is 0.730. The maximum atomic E-state index is 13.0. The van der Waals surface area contributed by atoms with Crippen LogP contribution in [-0.2, 0) is 4.74 Å². The molecule has 0 saturated heterocycles. The van der Waals surface area contributed by atoms with Crippen molar-refractivity contribution in [3.63, 3.8) is 0 Å². The van der Waals surface area contributed by atoms with Crippen molar-refractivity contribution in [3.8, 4) is 6.07 Å². The van der Waals surface area contributed by atoms with E-state index in [1.54, 1.807) is 0 Å². The summed E-state index contributed by atoms with van der Waals surface area (Å²) >= 11 is 0. The van der Waals surface area contributed by atoms with Crippen molar-refractivity contribution < 1.29 is 9.53 Å². The molecule has 4 aliphatic rings. The topological polar surface area (TPSA) is 50.1 Å². The van der Waals surface area contributed by atoms with Crippen molar-refractivity contribution >= 4 is 5.97 Å². The molecule has 218 valence electrons. The molecule has 0 bridgehead atoms. The van der Waals surface area contributed by atoms with E-state index >= 15 is 0 Å². The monoisotopic (exact) mass is 543 g/mol. The molecule has 5 rings (SSSR count). The molecule has 1 aromatic rings. The lowest BCUT2D eigenvalue weighted by molar-refractivity contribution is -0.132. The van der Waals surface area contributed by atoms with Crippen molar-refractivity contribution in [2.75, 3.05) is 0 Å². The molecule has 0 N–H and O–H groups in total. The SMILES string of the molecule is CC(C)CCC[C@@H](C)[C@H]1CC[C@@]2(C#N)C3=CC[C@H]4C(C)(C)[C@@H](OC(=O)c5ccccc5)CC[C@]4(C)[C@H]3CC[C@]12C. The van der Waals surface area contributed by atoms with Crippen LogP contribution >= 0.6 is 0 Å². The second-order valence-corrected chi connectivity index (χ2v) is 15.5. The molecule has 3 saturated carbocycles. The van der Waals surface area contributed by atoms with Crippen LogP contribution in [0, 0.1) is 62.6 Å². The van der Waals surface area contributed by atoms with Crippen molar-refractivity contribution in [2.45, 2.75) is 119 Å². The van der Waals surface area contributed by atoms with Crippen LogP contribution in [0.5, 0.6) is 0 Å². The van der Waals surface area contributed by atoms with Gasteiger partial charge in [-0.05, 0) is 103 Å². The van der Waals surface area contributed by atoms with Gasteiger partial charge in [0.25, 0.3) is 0 Å². The van der Waals surface area contributed by atoms with Crippen molar-refractivity contribution in [1.82, 2.24) is 0 Å². The summed E-state index contributed by atoms with van der Waals surface area (Å²) in [6.07, 6.45) is 13.9. The van der Waals surface area contributed by atoms with Gasteiger partial charge in [0.2, 0.25) is 0 Å². The van der Waals surface area contributed by atoms with E-state index in [-0.39, 0.29) is 33.7 Å². The zero-order valence-electron chi connectivity index (χ0n) is 26.3. The van der Waals surface area contributed by atoms with Gasteiger partial charge in [-0.1, -0.05) is 92.0 Å². The Labute approximate surface area is 244 Å². The van der Waals surface area contributed by atoms with Crippen molar-refractivity contribution in [3.05, 3.63) is 47.5 Å². The van der Waals surface area contributed by atoms with Crippen LogP contribution in [0.4, 0.5) is 0 Å². The number of hydrogen-bond acceptors (Lipinski definition) is 3. The Morgan fingerprint density at radius 3 is 2.40 bits per heavy atom. The minimum atomic E-state index is -0.318. The van der Waals surface area contributed by atoms with E-state index < -0.39 is 0 Å². The van der Waals surface area contributed by atoms with Crippen LogP contribution in [0.1, 0.15) is 123 Å². The average Bonchev–Trinajstić information content (AvgIpc) is 3.24. The van der Waals surface area contributed by atoms with Gasteiger partial charge in [-0.2, -0.15) is 5.26 Å². The zero-order valence-corrected chi connectivity index (χ0v) is 26.3. The lowest BCUT2D eigenvalue weighted by Crippen LogP contribution is -2.59. The Morgan fingerprint density at radius 2 is 1.73 bits per heavy atom. The Kier molecular flexibility index (Phi) is 7.82. The molecular formula is C37H53NO2. The quantitative estimate of drug-likeness (QED) is 0.254. The fourth-order valence-electron chi connectivity index (χ4n) is 10.6. The first-order valence-corrected chi connectivity index (χ1v) is 16.3. The maximum absolute atomic E-state index is 13.0. The Morgan fingerprint density at radius 1 is 1.00 bits per heavy atom. The standard InChI is InChI=1S/C37H53NO2/c1-25(2)12-11-13-26(3)28-19-23-37(24-38)30-16-17-31-34(4,5)32(40-33(39)27-14-9-8-10-15-27)20-21-35(31,6)29(30)18-22-36(28,37)7/h8-10,14-16,25-26,28-29,31-32H,11-13,17-23H2,1-7H3/t26-,28-,29+,31+,32+,35-,36-,37-/m1/s1. The summed E-state index contributed by atoms with van der Waals surface area (Å²) in [6, 6.07) is 12.4. The highest BCUT2D eigenvalue weighted by Gasteiger charge is 2.67. The second-order valence-electron chi connectivity index (χ2n) is 15.5. The first-order chi connectivity index (χ1) is 18.9. The molecule has 0 heterocycles. The van der Waals surface area contributed by atoms with Crippen LogP contribution in [0.15, 0.2) is 42.0 Å². The lowest BCUT2D eigenvalue weighted by Gasteiger charge is -2.63. The lowest BCUT2D eigenvalue weighted by atomic mass is 9.41. The van der Waals surface area contributed by atoms with Gasteiger partial charge in [-0.25, -0.2) is 4.79 Å². The van der Waals surface area contributed by atoms with Crippen molar-refractivity contribution in [1.29, 1.82) is 5.26 Å². The number of hydrogen-bond donors (Lipinski definition) is 0. The molecule has 0 aliphatic heterocycles. The van der Waals surface area contributed by atoms with Crippen molar-refractivity contribution in [2.24, 2.45) is 51.2 Å². The molecule has 3 heteroatoms. The zero-order chi connectivity index (χ0) is 28.9. The van der Waals surface area contributed by atoms with Crippen LogP contribution in [0.2, 0.25) is 0 Å². The summed E-state index contributed by atoms with van der Waals surface area (Å²) in [5.41, 5.74) is 1.90. The number of rotatable bonds is 7. The number of esters is 1. The number of fused-ring (bicyclic) bond motifs is 5. The van der Waals surface area contributed by atoms with Gasteiger partial charge >= 0.3 is 5.97 Å². The van der Waals surface area contributed by atoms with Gasteiger partial charge in [-0.3, -0.25) is 0 Å². The summed E-state index contributed by atoms with van der Waals surface area (Å²) in [5.74, 6) is 2.77. The van der Waals surface area contributed by atoms with Gasteiger partial charge in [0.15, 0.2) is 0 Å². The molecule has 4 aliphatic carbocycles. The summed E-state index contributed by atoms with van der Waals surface area (Å²) < 4.78 is 6.22. The molecule has 0 amide bonds. The number of nitrogens with zero attached hydrogens (tertiary/aromatic N) is 1. The Bertz CT molecular complexity index is 1160. The summed E-state index contributed by atoms with van der Waals surface area (Å²) in [4.78, 5) is 13.0. The molecule has 0 unspecified atom stereocenters. The predicted molar refractivity (Wildman–Crippen MR) is 162 cm³/mol. The van der Waals surface area contributed by atoms with Gasteiger partial charge in [0.05, 0.1) is 17.0 Å². The van der Waals surface area contributed by atoms with E-state index in [0.29, 0.717) is 29.2 Å². The van der Waals surface area contributed by atoms with E-state index in [2.05, 4.69) is 60.6 Å². The van der Waals surface area contributed by atoms with Gasteiger partial charge in [0, 0.05) is 5.41 Å². The number of ether oxygens (including phenoxy) is 1.